The van der Waals surface area contributed by atoms with Crippen LogP contribution in [0.25, 0.3) is 0 Å². The average molecular weight is 284 g/mol. The Morgan fingerprint density at radius 1 is 1.37 bits per heavy atom. The minimum atomic E-state index is -3.52. The molecule has 1 heterocycles. The van der Waals surface area contributed by atoms with E-state index in [0.717, 1.165) is 5.56 Å². The summed E-state index contributed by atoms with van der Waals surface area (Å²) < 4.78 is 26.5. The van der Waals surface area contributed by atoms with Crippen molar-refractivity contribution in [2.24, 2.45) is 5.92 Å². The third kappa shape index (κ3) is 2.91. The van der Waals surface area contributed by atoms with Crippen molar-refractivity contribution in [1.29, 1.82) is 0 Å². The number of rotatable bonds is 2. The van der Waals surface area contributed by atoms with E-state index in [9.17, 15) is 13.5 Å². The number of aliphatic hydroxyl groups is 1. The number of nitrogens with zero attached hydrogens (tertiary/aromatic N) is 1. The third-order valence-corrected chi connectivity index (χ3v) is 5.38. The maximum absolute atomic E-state index is 12.5. The number of piperidine rings is 1. The van der Waals surface area contributed by atoms with Crippen molar-refractivity contribution in [3.8, 4) is 0 Å². The summed E-state index contributed by atoms with van der Waals surface area (Å²) >= 11 is 0. The Bertz CT molecular complexity index is 551. The third-order valence-electron chi connectivity index (χ3n) is 3.53. The van der Waals surface area contributed by atoms with Gasteiger partial charge in [-0.15, -0.1) is 0 Å². The number of sulfonamides is 1. The van der Waals surface area contributed by atoms with Crippen molar-refractivity contribution in [3.05, 3.63) is 23.8 Å². The lowest BCUT2D eigenvalue weighted by Crippen LogP contribution is -2.44. The Labute approximate surface area is 114 Å². The topological polar surface area (TPSA) is 83.6 Å². The molecule has 0 bridgehead atoms. The van der Waals surface area contributed by atoms with Crippen molar-refractivity contribution in [3.63, 3.8) is 0 Å². The van der Waals surface area contributed by atoms with E-state index in [-0.39, 0.29) is 10.8 Å². The maximum Gasteiger partial charge on any atom is 0.243 e. The van der Waals surface area contributed by atoms with Gasteiger partial charge in [-0.3, -0.25) is 0 Å². The van der Waals surface area contributed by atoms with Crippen molar-refractivity contribution in [2.75, 3.05) is 18.8 Å². The first-order chi connectivity index (χ1) is 8.80. The molecule has 0 aromatic heterocycles. The zero-order valence-corrected chi connectivity index (χ0v) is 12.0. The minimum Gasteiger partial charge on any atom is -0.399 e. The summed E-state index contributed by atoms with van der Waals surface area (Å²) in [5.41, 5.74) is 6.98. The van der Waals surface area contributed by atoms with Crippen LogP contribution in [0.4, 0.5) is 5.69 Å². The van der Waals surface area contributed by atoms with Crippen molar-refractivity contribution < 1.29 is 13.5 Å². The van der Waals surface area contributed by atoms with Gasteiger partial charge in [0.2, 0.25) is 10.0 Å². The molecule has 5 nitrogen and oxygen atoms in total. The average Bonchev–Trinajstić information content (AvgIpc) is 2.31. The molecule has 0 spiro atoms. The van der Waals surface area contributed by atoms with Crippen molar-refractivity contribution in [1.82, 2.24) is 4.31 Å². The number of benzene rings is 1. The Hall–Kier alpha value is -1.11. The zero-order chi connectivity index (χ0) is 14.2. The van der Waals surface area contributed by atoms with Gasteiger partial charge >= 0.3 is 0 Å². The second kappa shape index (κ2) is 5.11. The second-order valence-electron chi connectivity index (χ2n) is 5.28. The number of aliphatic hydroxyl groups excluding tert-OH is 1. The van der Waals surface area contributed by atoms with Gasteiger partial charge in [0.15, 0.2) is 0 Å². The summed E-state index contributed by atoms with van der Waals surface area (Å²) in [4.78, 5) is 0.230. The SMILES string of the molecule is Cc1cc(N)cc(S(=O)(=O)N2CCC(O)C(C)C2)c1. The lowest BCUT2D eigenvalue weighted by Gasteiger charge is -2.33. The van der Waals surface area contributed by atoms with E-state index >= 15 is 0 Å². The Morgan fingerprint density at radius 2 is 2.05 bits per heavy atom. The lowest BCUT2D eigenvalue weighted by atomic mass is 9.99. The highest BCUT2D eigenvalue weighted by Crippen LogP contribution is 2.25. The maximum atomic E-state index is 12.5. The van der Waals surface area contributed by atoms with Gasteiger partial charge in [-0.2, -0.15) is 4.31 Å². The number of hydrogen-bond acceptors (Lipinski definition) is 4. The number of aryl methyl sites for hydroxylation is 1. The van der Waals surface area contributed by atoms with Crippen LogP contribution in [0.5, 0.6) is 0 Å². The summed E-state index contributed by atoms with van der Waals surface area (Å²) in [6.45, 7) is 4.37. The normalized spacial score (nSPS) is 25.4. The van der Waals surface area contributed by atoms with E-state index < -0.39 is 16.1 Å². The first-order valence-electron chi connectivity index (χ1n) is 6.36. The predicted molar refractivity (Wildman–Crippen MR) is 74.1 cm³/mol. The molecule has 1 saturated heterocycles. The van der Waals surface area contributed by atoms with E-state index in [0.29, 0.717) is 25.2 Å². The number of nitrogens with two attached hydrogens (primary N) is 1. The summed E-state index contributed by atoms with van der Waals surface area (Å²) in [6, 6.07) is 4.85. The standard InChI is InChI=1S/C13H20N2O3S/c1-9-5-11(14)7-12(6-9)19(17,18)15-4-3-13(16)10(2)8-15/h5-7,10,13,16H,3-4,8,14H2,1-2H3. The van der Waals surface area contributed by atoms with Crippen molar-refractivity contribution in [2.45, 2.75) is 31.3 Å². The molecular formula is C13H20N2O3S. The Kier molecular flexibility index (Phi) is 3.85. The number of nitrogen functional groups attached to an aromatic ring is 1. The molecule has 2 unspecified atom stereocenters. The Morgan fingerprint density at radius 3 is 2.63 bits per heavy atom. The fraction of sp³-hybridized carbons (Fsp3) is 0.538. The highest BCUT2D eigenvalue weighted by Gasteiger charge is 2.32. The lowest BCUT2D eigenvalue weighted by molar-refractivity contribution is 0.0628. The summed E-state index contributed by atoms with van der Waals surface area (Å²) in [5.74, 6) is -0.0503. The largest absolute Gasteiger partial charge is 0.399 e. The van der Waals surface area contributed by atoms with E-state index in [1.807, 2.05) is 13.8 Å². The molecule has 2 rings (SSSR count). The molecule has 1 aromatic rings. The fourth-order valence-corrected chi connectivity index (χ4v) is 4.08. The molecule has 19 heavy (non-hydrogen) atoms. The van der Waals surface area contributed by atoms with Gasteiger partial charge in [-0.25, -0.2) is 8.42 Å². The highest BCUT2D eigenvalue weighted by molar-refractivity contribution is 7.89. The molecule has 2 atom stereocenters. The van der Waals surface area contributed by atoms with Gasteiger partial charge in [0.05, 0.1) is 11.0 Å². The molecule has 1 aromatic carbocycles. The van der Waals surface area contributed by atoms with E-state index in [1.54, 1.807) is 12.1 Å². The molecule has 0 radical (unpaired) electrons. The first-order valence-corrected chi connectivity index (χ1v) is 7.80. The van der Waals surface area contributed by atoms with Crippen LogP contribution in [0.15, 0.2) is 23.1 Å². The molecule has 1 fully saturated rings. The van der Waals surface area contributed by atoms with Gasteiger partial charge in [-0.05, 0) is 43.0 Å². The molecule has 1 aliphatic heterocycles. The van der Waals surface area contributed by atoms with E-state index in [2.05, 4.69) is 0 Å². The molecule has 3 N–H and O–H groups in total. The summed E-state index contributed by atoms with van der Waals surface area (Å²) in [5, 5.41) is 9.68. The number of hydrogen-bond donors (Lipinski definition) is 2. The fourth-order valence-electron chi connectivity index (χ4n) is 2.39. The van der Waals surface area contributed by atoms with E-state index in [4.69, 9.17) is 5.73 Å². The Balaban J connectivity index is 2.32. The smallest absolute Gasteiger partial charge is 0.243 e. The van der Waals surface area contributed by atoms with Gasteiger partial charge in [0.25, 0.3) is 0 Å². The first kappa shape index (κ1) is 14.3. The molecule has 0 amide bonds. The molecule has 1 aliphatic rings. The van der Waals surface area contributed by atoms with Gasteiger partial charge in [0.1, 0.15) is 0 Å². The minimum absolute atomic E-state index is 0.0503. The van der Waals surface area contributed by atoms with Gasteiger partial charge in [-0.1, -0.05) is 6.92 Å². The van der Waals surface area contributed by atoms with E-state index in [1.165, 1.54) is 10.4 Å². The molecule has 6 heteroatoms. The predicted octanol–water partition coefficient (Wildman–Crippen LogP) is 0.969. The molecular weight excluding hydrogens is 264 g/mol. The van der Waals surface area contributed by atoms with Crippen LogP contribution in [0, 0.1) is 12.8 Å². The van der Waals surface area contributed by atoms with Crippen molar-refractivity contribution >= 4 is 15.7 Å². The second-order valence-corrected chi connectivity index (χ2v) is 7.21. The molecule has 106 valence electrons. The quantitative estimate of drug-likeness (QED) is 0.793. The van der Waals surface area contributed by atoms with Crippen LogP contribution >= 0.6 is 0 Å². The van der Waals surface area contributed by atoms with Crippen LogP contribution in [-0.2, 0) is 10.0 Å². The van der Waals surface area contributed by atoms with Crippen LogP contribution in [0.3, 0.4) is 0 Å². The van der Waals surface area contributed by atoms with Crippen LogP contribution in [-0.4, -0.2) is 37.0 Å². The van der Waals surface area contributed by atoms with Crippen LogP contribution in [0.2, 0.25) is 0 Å². The summed E-state index contributed by atoms with van der Waals surface area (Å²) in [7, 11) is -3.52. The van der Waals surface area contributed by atoms with Gasteiger partial charge in [0, 0.05) is 18.8 Å². The zero-order valence-electron chi connectivity index (χ0n) is 11.2. The molecule has 0 aliphatic carbocycles. The van der Waals surface area contributed by atoms with Gasteiger partial charge < -0.3 is 10.8 Å². The molecule has 0 saturated carbocycles. The summed E-state index contributed by atoms with van der Waals surface area (Å²) in [6.07, 6.45) is 0.0517. The monoisotopic (exact) mass is 284 g/mol. The van der Waals surface area contributed by atoms with Crippen LogP contribution in [0.1, 0.15) is 18.9 Å². The van der Waals surface area contributed by atoms with Crippen LogP contribution < -0.4 is 5.73 Å². The highest BCUT2D eigenvalue weighted by atomic mass is 32.2. The number of anilines is 1.